The van der Waals surface area contributed by atoms with E-state index in [1.165, 1.54) is 11.1 Å². The summed E-state index contributed by atoms with van der Waals surface area (Å²) in [6.07, 6.45) is 6.69. The van der Waals surface area contributed by atoms with Crippen LogP contribution in [0.2, 0.25) is 0 Å². The molecule has 1 aliphatic rings. The molecule has 0 bridgehead atoms. The first-order valence-electron chi connectivity index (χ1n) is 10.0. The standard InChI is InChI=1S/C23H27N3O/c27-23(12-6-9-19-7-2-1-3-8-19)25-15-13-20(14-16-25)17-26-18-24-21-10-4-5-11-22(21)26/h1-5,7-8,10-11,18,20H,6,9,12-17H2. The molecule has 0 unspecified atom stereocenters. The zero-order valence-corrected chi connectivity index (χ0v) is 15.8. The van der Waals surface area contributed by atoms with E-state index in [-0.39, 0.29) is 0 Å². The first kappa shape index (κ1) is 17.8. The SMILES string of the molecule is O=C(CCCc1ccccc1)N1CCC(Cn2cnc3ccccc32)CC1. The van der Waals surface area contributed by atoms with E-state index in [1.807, 2.05) is 18.5 Å². The fraction of sp³-hybridized carbons (Fsp3) is 0.391. The number of benzene rings is 2. The van der Waals surface area contributed by atoms with Gasteiger partial charge in [0.25, 0.3) is 0 Å². The zero-order chi connectivity index (χ0) is 18.5. The lowest BCUT2D eigenvalue weighted by atomic mass is 9.96. The molecule has 0 saturated carbocycles. The molecule has 4 nitrogen and oxygen atoms in total. The number of fused-ring (bicyclic) bond motifs is 1. The highest BCUT2D eigenvalue weighted by atomic mass is 16.2. The van der Waals surface area contributed by atoms with Crippen LogP contribution < -0.4 is 0 Å². The van der Waals surface area contributed by atoms with Gasteiger partial charge >= 0.3 is 0 Å². The summed E-state index contributed by atoms with van der Waals surface area (Å²) in [5.74, 6) is 0.938. The summed E-state index contributed by atoms with van der Waals surface area (Å²) in [6.45, 7) is 2.78. The molecule has 1 fully saturated rings. The van der Waals surface area contributed by atoms with Gasteiger partial charge in [-0.05, 0) is 49.3 Å². The Kier molecular flexibility index (Phi) is 5.52. The molecule has 1 aliphatic heterocycles. The Bertz CT molecular complexity index is 879. The third-order valence-corrected chi connectivity index (χ3v) is 5.65. The summed E-state index contributed by atoms with van der Waals surface area (Å²) in [4.78, 5) is 19.0. The highest BCUT2D eigenvalue weighted by Crippen LogP contribution is 2.22. The predicted octanol–water partition coefficient (Wildman–Crippen LogP) is 4.30. The summed E-state index contributed by atoms with van der Waals surface area (Å²) in [7, 11) is 0. The van der Waals surface area contributed by atoms with Crippen molar-refractivity contribution in [1.82, 2.24) is 14.5 Å². The molecule has 4 rings (SSSR count). The maximum Gasteiger partial charge on any atom is 0.222 e. The van der Waals surface area contributed by atoms with E-state index in [0.29, 0.717) is 18.2 Å². The predicted molar refractivity (Wildman–Crippen MR) is 108 cm³/mol. The average molecular weight is 361 g/mol. The van der Waals surface area contributed by atoms with Crippen molar-refractivity contribution in [3.63, 3.8) is 0 Å². The van der Waals surface area contributed by atoms with Crippen LogP contribution in [0.1, 0.15) is 31.2 Å². The van der Waals surface area contributed by atoms with Crippen molar-refractivity contribution in [2.24, 2.45) is 5.92 Å². The molecule has 2 heterocycles. The molecule has 0 N–H and O–H groups in total. The number of carbonyl (C=O) groups excluding carboxylic acids is 1. The van der Waals surface area contributed by atoms with Crippen molar-refractivity contribution in [1.29, 1.82) is 0 Å². The van der Waals surface area contributed by atoms with E-state index in [2.05, 4.69) is 56.9 Å². The van der Waals surface area contributed by atoms with Crippen LogP contribution in [-0.4, -0.2) is 33.4 Å². The van der Waals surface area contributed by atoms with Crippen molar-refractivity contribution in [3.8, 4) is 0 Å². The van der Waals surface area contributed by atoms with Gasteiger partial charge in [0.05, 0.1) is 17.4 Å². The lowest BCUT2D eigenvalue weighted by Crippen LogP contribution is -2.39. The van der Waals surface area contributed by atoms with Crippen LogP contribution in [0.3, 0.4) is 0 Å². The Morgan fingerprint density at radius 3 is 2.56 bits per heavy atom. The molecule has 0 radical (unpaired) electrons. The maximum absolute atomic E-state index is 12.5. The molecule has 1 aromatic heterocycles. The largest absolute Gasteiger partial charge is 0.343 e. The number of imidazole rings is 1. The van der Waals surface area contributed by atoms with E-state index in [4.69, 9.17) is 0 Å². The fourth-order valence-electron chi connectivity index (χ4n) is 4.05. The molecule has 0 aliphatic carbocycles. The number of aryl methyl sites for hydroxylation is 1. The molecule has 3 aromatic rings. The summed E-state index contributed by atoms with van der Waals surface area (Å²) in [5.41, 5.74) is 3.58. The van der Waals surface area contributed by atoms with Gasteiger partial charge in [0.2, 0.25) is 5.91 Å². The number of carbonyl (C=O) groups is 1. The van der Waals surface area contributed by atoms with Gasteiger partial charge in [-0.3, -0.25) is 4.79 Å². The topological polar surface area (TPSA) is 38.1 Å². The van der Waals surface area contributed by atoms with Crippen LogP contribution >= 0.6 is 0 Å². The van der Waals surface area contributed by atoms with Crippen LogP contribution in [-0.2, 0) is 17.8 Å². The number of aromatic nitrogens is 2. The van der Waals surface area contributed by atoms with Gasteiger partial charge in [-0.15, -0.1) is 0 Å². The first-order chi connectivity index (χ1) is 13.3. The third-order valence-electron chi connectivity index (χ3n) is 5.65. The molecule has 4 heteroatoms. The molecular weight excluding hydrogens is 334 g/mol. The Balaban J connectivity index is 1.23. The van der Waals surface area contributed by atoms with Gasteiger partial charge in [-0.1, -0.05) is 42.5 Å². The van der Waals surface area contributed by atoms with Gasteiger partial charge < -0.3 is 9.47 Å². The minimum absolute atomic E-state index is 0.317. The quantitative estimate of drug-likeness (QED) is 0.657. The van der Waals surface area contributed by atoms with E-state index in [1.54, 1.807) is 0 Å². The molecule has 27 heavy (non-hydrogen) atoms. The number of piperidine rings is 1. The molecule has 140 valence electrons. The van der Waals surface area contributed by atoms with Gasteiger partial charge in [0.1, 0.15) is 0 Å². The summed E-state index contributed by atoms with van der Waals surface area (Å²) >= 11 is 0. The normalized spacial score (nSPS) is 15.3. The highest BCUT2D eigenvalue weighted by Gasteiger charge is 2.23. The van der Waals surface area contributed by atoms with Crippen LogP contribution in [0.5, 0.6) is 0 Å². The molecule has 0 atom stereocenters. The molecular formula is C23H27N3O. The second-order valence-electron chi connectivity index (χ2n) is 7.55. The minimum Gasteiger partial charge on any atom is -0.343 e. The number of hydrogen-bond donors (Lipinski definition) is 0. The van der Waals surface area contributed by atoms with Crippen LogP contribution in [0.4, 0.5) is 0 Å². The molecule has 2 aromatic carbocycles. The van der Waals surface area contributed by atoms with Crippen LogP contribution in [0, 0.1) is 5.92 Å². The van der Waals surface area contributed by atoms with Crippen LogP contribution in [0.15, 0.2) is 60.9 Å². The number of likely N-dealkylation sites (tertiary alicyclic amines) is 1. The number of rotatable bonds is 6. The first-order valence-corrected chi connectivity index (χ1v) is 10.0. The Morgan fingerprint density at radius 2 is 1.74 bits per heavy atom. The summed E-state index contributed by atoms with van der Waals surface area (Å²) in [5, 5.41) is 0. The Morgan fingerprint density at radius 1 is 1.00 bits per heavy atom. The van der Waals surface area contributed by atoms with Crippen molar-refractivity contribution in [3.05, 3.63) is 66.5 Å². The molecule has 0 spiro atoms. The smallest absolute Gasteiger partial charge is 0.222 e. The maximum atomic E-state index is 12.5. The van der Waals surface area contributed by atoms with E-state index in [0.717, 1.165) is 50.8 Å². The van der Waals surface area contributed by atoms with Crippen molar-refractivity contribution in [2.45, 2.75) is 38.6 Å². The van der Waals surface area contributed by atoms with E-state index >= 15 is 0 Å². The monoisotopic (exact) mass is 361 g/mol. The Labute approximate surface area is 160 Å². The molecule has 1 amide bonds. The minimum atomic E-state index is 0.317. The summed E-state index contributed by atoms with van der Waals surface area (Å²) in [6, 6.07) is 18.7. The summed E-state index contributed by atoms with van der Waals surface area (Å²) < 4.78 is 2.26. The highest BCUT2D eigenvalue weighted by molar-refractivity contribution is 5.76. The van der Waals surface area contributed by atoms with Gasteiger partial charge in [-0.25, -0.2) is 4.98 Å². The lowest BCUT2D eigenvalue weighted by Gasteiger charge is -2.32. The number of amides is 1. The van der Waals surface area contributed by atoms with Gasteiger partial charge in [0, 0.05) is 26.1 Å². The van der Waals surface area contributed by atoms with Crippen molar-refractivity contribution < 1.29 is 4.79 Å². The zero-order valence-electron chi connectivity index (χ0n) is 15.8. The second-order valence-corrected chi connectivity index (χ2v) is 7.55. The fourth-order valence-corrected chi connectivity index (χ4v) is 4.05. The lowest BCUT2D eigenvalue weighted by molar-refractivity contribution is -0.132. The number of hydrogen-bond acceptors (Lipinski definition) is 2. The third kappa shape index (κ3) is 4.38. The van der Waals surface area contributed by atoms with Crippen molar-refractivity contribution >= 4 is 16.9 Å². The number of nitrogens with zero attached hydrogens (tertiary/aromatic N) is 3. The van der Waals surface area contributed by atoms with E-state index in [9.17, 15) is 4.79 Å². The van der Waals surface area contributed by atoms with Crippen molar-refractivity contribution in [2.75, 3.05) is 13.1 Å². The molecule has 1 saturated heterocycles. The van der Waals surface area contributed by atoms with Gasteiger partial charge in [-0.2, -0.15) is 0 Å². The van der Waals surface area contributed by atoms with E-state index < -0.39 is 0 Å². The second kappa shape index (κ2) is 8.38. The average Bonchev–Trinajstić information content (AvgIpc) is 3.12. The Hall–Kier alpha value is -2.62. The number of para-hydroxylation sites is 2. The van der Waals surface area contributed by atoms with Gasteiger partial charge in [0.15, 0.2) is 0 Å². The van der Waals surface area contributed by atoms with Crippen LogP contribution in [0.25, 0.3) is 11.0 Å².